The van der Waals surface area contributed by atoms with E-state index in [1.54, 1.807) is 13.0 Å². The molecule has 9 heteroatoms. The molecule has 0 aliphatic carbocycles. The Morgan fingerprint density at radius 2 is 2.00 bits per heavy atom. The van der Waals surface area contributed by atoms with Gasteiger partial charge in [-0.3, -0.25) is 4.79 Å². The lowest BCUT2D eigenvalue weighted by Crippen LogP contribution is -2.36. The molecular formula is C16H16N6O3. The number of rotatable bonds is 3. The molecule has 1 amide bonds. The molecule has 0 bridgehead atoms. The van der Waals surface area contributed by atoms with Crippen LogP contribution in [0.15, 0.2) is 28.8 Å². The van der Waals surface area contributed by atoms with E-state index >= 15 is 0 Å². The summed E-state index contributed by atoms with van der Waals surface area (Å²) in [6, 6.07) is 7.35. The van der Waals surface area contributed by atoms with E-state index in [2.05, 4.69) is 30.6 Å². The summed E-state index contributed by atoms with van der Waals surface area (Å²) in [7, 11) is 0. The maximum atomic E-state index is 12.3. The van der Waals surface area contributed by atoms with Crippen LogP contribution in [0.25, 0.3) is 11.0 Å². The van der Waals surface area contributed by atoms with Crippen LogP contribution in [-0.2, 0) is 4.74 Å². The average Bonchev–Trinajstić information content (AvgIpc) is 3.06. The first-order valence-corrected chi connectivity index (χ1v) is 7.91. The van der Waals surface area contributed by atoms with Crippen LogP contribution in [0.5, 0.6) is 0 Å². The van der Waals surface area contributed by atoms with E-state index in [4.69, 9.17) is 9.26 Å². The van der Waals surface area contributed by atoms with E-state index in [1.165, 1.54) is 0 Å². The minimum atomic E-state index is -0.487. The van der Waals surface area contributed by atoms with Crippen molar-refractivity contribution < 1.29 is 14.1 Å². The lowest BCUT2D eigenvalue weighted by atomic mass is 10.2. The first-order valence-electron chi connectivity index (χ1n) is 7.91. The van der Waals surface area contributed by atoms with Gasteiger partial charge in [-0.25, -0.2) is 4.98 Å². The average molecular weight is 340 g/mol. The molecular weight excluding hydrogens is 324 g/mol. The van der Waals surface area contributed by atoms with E-state index in [0.717, 1.165) is 18.8 Å². The number of fused-ring (bicyclic) bond motifs is 1. The van der Waals surface area contributed by atoms with E-state index in [-0.39, 0.29) is 5.82 Å². The van der Waals surface area contributed by atoms with Crippen LogP contribution in [0.2, 0.25) is 0 Å². The molecule has 4 rings (SSSR count). The monoisotopic (exact) mass is 340 g/mol. The van der Waals surface area contributed by atoms with Gasteiger partial charge in [-0.1, -0.05) is 5.16 Å². The van der Waals surface area contributed by atoms with Gasteiger partial charge in [0.15, 0.2) is 5.82 Å². The molecule has 0 atom stereocenters. The van der Waals surface area contributed by atoms with Crippen molar-refractivity contribution in [3.8, 4) is 0 Å². The van der Waals surface area contributed by atoms with E-state index in [1.807, 2.05) is 18.2 Å². The maximum absolute atomic E-state index is 12.3. The van der Waals surface area contributed by atoms with Gasteiger partial charge in [0.2, 0.25) is 5.82 Å². The Bertz CT molecular complexity index is 919. The topological polar surface area (TPSA) is 106 Å². The molecule has 128 valence electrons. The highest BCUT2D eigenvalue weighted by atomic mass is 16.5. The normalized spacial score (nSPS) is 14.7. The fourth-order valence-corrected chi connectivity index (χ4v) is 2.64. The van der Waals surface area contributed by atoms with Crippen LogP contribution in [0.1, 0.15) is 16.4 Å². The highest BCUT2D eigenvalue weighted by Gasteiger charge is 2.16. The molecule has 0 saturated carbocycles. The number of amides is 1. The SMILES string of the molecule is Cc1cc(NC(=O)c2nnc3ccc(N4CCOCC4)cc3n2)no1. The molecule has 1 N–H and O–H groups in total. The summed E-state index contributed by atoms with van der Waals surface area (Å²) in [5.74, 6) is 0.406. The summed E-state index contributed by atoms with van der Waals surface area (Å²) in [6.45, 7) is 4.78. The molecule has 3 aromatic rings. The second-order valence-electron chi connectivity index (χ2n) is 5.68. The first kappa shape index (κ1) is 15.5. The number of carbonyl (C=O) groups excluding carboxylic acids is 1. The number of nitrogens with one attached hydrogen (secondary N) is 1. The molecule has 2 aromatic heterocycles. The van der Waals surface area contributed by atoms with Crippen LogP contribution in [0.3, 0.4) is 0 Å². The number of benzene rings is 1. The lowest BCUT2D eigenvalue weighted by Gasteiger charge is -2.28. The van der Waals surface area contributed by atoms with Crippen LogP contribution >= 0.6 is 0 Å². The van der Waals surface area contributed by atoms with Gasteiger partial charge in [-0.2, -0.15) is 0 Å². The van der Waals surface area contributed by atoms with Crippen LogP contribution < -0.4 is 10.2 Å². The third kappa shape index (κ3) is 3.26. The molecule has 25 heavy (non-hydrogen) atoms. The lowest BCUT2D eigenvalue weighted by molar-refractivity contribution is 0.101. The van der Waals surface area contributed by atoms with Crippen LogP contribution in [-0.4, -0.2) is 52.5 Å². The van der Waals surface area contributed by atoms with Crippen LogP contribution in [0, 0.1) is 6.92 Å². The van der Waals surface area contributed by atoms with E-state index in [9.17, 15) is 4.79 Å². The second-order valence-corrected chi connectivity index (χ2v) is 5.68. The van der Waals surface area contributed by atoms with Crippen molar-refractivity contribution in [2.45, 2.75) is 6.92 Å². The summed E-state index contributed by atoms with van der Waals surface area (Å²) in [5.41, 5.74) is 2.26. The highest BCUT2D eigenvalue weighted by Crippen LogP contribution is 2.20. The molecule has 0 unspecified atom stereocenters. The van der Waals surface area contributed by atoms with Gasteiger partial charge in [0.1, 0.15) is 11.3 Å². The van der Waals surface area contributed by atoms with Gasteiger partial charge >= 0.3 is 0 Å². The Morgan fingerprint density at radius 1 is 1.16 bits per heavy atom. The molecule has 0 spiro atoms. The molecule has 1 fully saturated rings. The van der Waals surface area contributed by atoms with Crippen molar-refractivity contribution in [2.24, 2.45) is 0 Å². The van der Waals surface area contributed by atoms with Gasteiger partial charge in [0.05, 0.1) is 18.7 Å². The molecule has 3 heterocycles. The number of nitrogens with zero attached hydrogens (tertiary/aromatic N) is 5. The minimum absolute atomic E-state index is 0.0210. The van der Waals surface area contributed by atoms with Crippen molar-refractivity contribution >= 4 is 28.4 Å². The highest BCUT2D eigenvalue weighted by molar-refractivity contribution is 6.01. The second kappa shape index (κ2) is 6.44. The van der Waals surface area contributed by atoms with Gasteiger partial charge in [0, 0.05) is 24.8 Å². The third-order valence-electron chi connectivity index (χ3n) is 3.89. The predicted octanol–water partition coefficient (Wildman–Crippen LogP) is 1.41. The summed E-state index contributed by atoms with van der Waals surface area (Å²) in [5, 5.41) is 14.3. The third-order valence-corrected chi connectivity index (χ3v) is 3.89. The van der Waals surface area contributed by atoms with Crippen molar-refractivity contribution in [1.82, 2.24) is 20.3 Å². The summed E-state index contributed by atoms with van der Waals surface area (Å²) in [6.07, 6.45) is 0. The molecule has 1 aliphatic heterocycles. The summed E-state index contributed by atoms with van der Waals surface area (Å²) >= 11 is 0. The molecule has 1 aliphatic rings. The zero-order valence-corrected chi connectivity index (χ0v) is 13.6. The number of ether oxygens (including phenoxy) is 1. The van der Waals surface area contributed by atoms with Gasteiger partial charge in [-0.15, -0.1) is 10.2 Å². The number of carbonyl (C=O) groups is 1. The number of aryl methyl sites for hydroxylation is 1. The van der Waals surface area contributed by atoms with Gasteiger partial charge in [0.25, 0.3) is 5.91 Å². The quantitative estimate of drug-likeness (QED) is 0.763. The fourth-order valence-electron chi connectivity index (χ4n) is 2.64. The largest absolute Gasteiger partial charge is 0.378 e. The Hall–Kier alpha value is -3.07. The van der Waals surface area contributed by atoms with Gasteiger partial charge in [-0.05, 0) is 25.1 Å². The Labute approximate surface area is 143 Å². The fraction of sp³-hybridized carbons (Fsp3) is 0.312. The Morgan fingerprint density at radius 3 is 2.76 bits per heavy atom. The predicted molar refractivity (Wildman–Crippen MR) is 89.6 cm³/mol. The summed E-state index contributed by atoms with van der Waals surface area (Å²) in [4.78, 5) is 18.8. The number of anilines is 2. The molecule has 9 nitrogen and oxygen atoms in total. The minimum Gasteiger partial charge on any atom is -0.378 e. The standard InChI is InChI=1S/C16H16N6O3/c1-10-8-14(21-25-10)18-16(23)15-17-13-9-11(2-3-12(13)19-20-15)22-4-6-24-7-5-22/h2-3,8-9H,4-7H2,1H3,(H,18,21,23). The molecule has 0 radical (unpaired) electrons. The van der Waals surface area contributed by atoms with Crippen molar-refractivity contribution in [1.29, 1.82) is 0 Å². The number of morpholine rings is 1. The zero-order chi connectivity index (χ0) is 17.2. The molecule has 1 saturated heterocycles. The first-order chi connectivity index (χ1) is 12.2. The zero-order valence-electron chi connectivity index (χ0n) is 13.6. The van der Waals surface area contributed by atoms with Gasteiger partial charge < -0.3 is 19.5 Å². The van der Waals surface area contributed by atoms with Crippen molar-refractivity contribution in [3.63, 3.8) is 0 Å². The maximum Gasteiger partial charge on any atom is 0.296 e. The Balaban J connectivity index is 1.60. The van der Waals surface area contributed by atoms with Crippen molar-refractivity contribution in [3.05, 3.63) is 35.9 Å². The van der Waals surface area contributed by atoms with Crippen LogP contribution in [0.4, 0.5) is 11.5 Å². The summed E-state index contributed by atoms with van der Waals surface area (Å²) < 4.78 is 10.3. The van der Waals surface area contributed by atoms with E-state index < -0.39 is 5.91 Å². The molecule has 1 aromatic carbocycles. The van der Waals surface area contributed by atoms with E-state index in [0.29, 0.717) is 35.8 Å². The number of hydrogen-bond acceptors (Lipinski definition) is 8. The van der Waals surface area contributed by atoms with Crippen molar-refractivity contribution in [2.75, 3.05) is 36.5 Å². The number of aromatic nitrogens is 4. The smallest absolute Gasteiger partial charge is 0.296 e. The number of hydrogen-bond donors (Lipinski definition) is 1. The Kier molecular flexibility index (Phi) is 3.98.